The summed E-state index contributed by atoms with van der Waals surface area (Å²) >= 11 is 0. The van der Waals surface area contributed by atoms with Crippen molar-refractivity contribution >= 4 is 6.08 Å². The lowest BCUT2D eigenvalue weighted by molar-refractivity contribution is 0.0282. The van der Waals surface area contributed by atoms with Gasteiger partial charge in [0.2, 0.25) is 0 Å². The first-order chi connectivity index (χ1) is 11.4. The molecule has 2 heteroatoms. The fourth-order valence-electron chi connectivity index (χ4n) is 5.81. The van der Waals surface area contributed by atoms with Gasteiger partial charge in [0, 0.05) is 5.56 Å². The van der Waals surface area contributed by atoms with Crippen LogP contribution in [0.2, 0.25) is 0 Å². The lowest BCUT2D eigenvalue weighted by Gasteiger charge is -2.52. The summed E-state index contributed by atoms with van der Waals surface area (Å²) < 4.78 is 6.47. The molecule has 0 bridgehead atoms. The first-order valence-corrected chi connectivity index (χ1v) is 9.75. The monoisotopic (exact) mass is 323 g/mol. The normalized spacial score (nSPS) is 36.7. The first-order valence-electron chi connectivity index (χ1n) is 9.75. The lowest BCUT2D eigenvalue weighted by atomic mass is 9.53. The summed E-state index contributed by atoms with van der Waals surface area (Å²) in [5.74, 6) is 1.80. The van der Waals surface area contributed by atoms with Crippen LogP contribution >= 0.6 is 0 Å². The van der Waals surface area contributed by atoms with Crippen molar-refractivity contribution < 1.29 is 4.74 Å². The molecule has 0 amide bonds. The maximum absolute atomic E-state index is 6.47. The van der Waals surface area contributed by atoms with Gasteiger partial charge >= 0.3 is 0 Å². The van der Waals surface area contributed by atoms with E-state index < -0.39 is 0 Å². The van der Waals surface area contributed by atoms with E-state index in [0.717, 1.165) is 11.7 Å². The molecule has 128 valence electrons. The fourth-order valence-corrected chi connectivity index (χ4v) is 5.81. The number of rotatable bonds is 1. The highest BCUT2D eigenvalue weighted by Crippen LogP contribution is 2.62. The molecule has 1 N–H and O–H groups in total. The predicted octanol–water partition coefficient (Wildman–Crippen LogP) is 5.21. The molecule has 1 aromatic carbocycles. The molecule has 0 radical (unpaired) electrons. The third-order valence-electron chi connectivity index (χ3n) is 7.53. The second kappa shape index (κ2) is 4.66. The van der Waals surface area contributed by atoms with Crippen LogP contribution in [-0.4, -0.2) is 11.3 Å². The van der Waals surface area contributed by atoms with Crippen molar-refractivity contribution in [1.29, 1.82) is 0 Å². The molecule has 2 saturated carbocycles. The first kappa shape index (κ1) is 15.0. The number of hydrogen-bond donors (Lipinski definition) is 1. The Hall–Kier alpha value is -1.28. The van der Waals surface area contributed by atoms with Crippen LogP contribution in [0.25, 0.3) is 6.08 Å². The van der Waals surface area contributed by atoms with Gasteiger partial charge in [0.1, 0.15) is 5.75 Å². The van der Waals surface area contributed by atoms with E-state index in [2.05, 4.69) is 50.4 Å². The average molecular weight is 323 g/mol. The molecule has 0 aromatic heterocycles. The zero-order valence-corrected chi connectivity index (χ0v) is 15.2. The molecular formula is C22H29NO. The molecule has 1 aromatic rings. The van der Waals surface area contributed by atoms with E-state index in [1.807, 2.05) is 0 Å². The van der Waals surface area contributed by atoms with Gasteiger partial charge in [0.25, 0.3) is 0 Å². The minimum atomic E-state index is -0.245. The topological polar surface area (TPSA) is 31.2 Å². The standard InChI is InChI=1S/C22H29NO/c1-15-8-7-9-16-12-18(20(2)21(3,23-20)24-19(15)16)17-13-22(14-17)10-5-4-6-11-22/h7-9,12,17,23H,4-6,10-11,13-14H2,1-3H3. The Morgan fingerprint density at radius 2 is 1.83 bits per heavy atom. The quantitative estimate of drug-likeness (QED) is 0.719. The van der Waals surface area contributed by atoms with Crippen molar-refractivity contribution in [1.82, 2.24) is 5.32 Å². The van der Waals surface area contributed by atoms with Crippen LogP contribution in [0.15, 0.2) is 23.8 Å². The SMILES string of the molecule is Cc1cccc2c1OC1(C)NC1(C)C(C1CC3(CCCCC3)C1)=C2. The highest BCUT2D eigenvalue weighted by atomic mass is 16.5. The molecule has 3 fully saturated rings. The summed E-state index contributed by atoms with van der Waals surface area (Å²) in [5.41, 5.74) is 4.52. The van der Waals surface area contributed by atoms with Gasteiger partial charge in [-0.15, -0.1) is 0 Å². The second-order valence-electron chi connectivity index (χ2n) is 9.14. The Kier molecular flexibility index (Phi) is 2.92. The Morgan fingerprint density at radius 1 is 1.08 bits per heavy atom. The number of nitrogens with one attached hydrogen (secondary N) is 1. The Bertz CT molecular complexity index is 721. The molecule has 2 aliphatic carbocycles. The van der Waals surface area contributed by atoms with Crippen LogP contribution in [-0.2, 0) is 0 Å². The van der Waals surface area contributed by atoms with Crippen molar-refractivity contribution in [2.75, 3.05) is 0 Å². The van der Waals surface area contributed by atoms with Crippen LogP contribution < -0.4 is 10.1 Å². The zero-order valence-electron chi connectivity index (χ0n) is 15.2. The van der Waals surface area contributed by atoms with E-state index in [4.69, 9.17) is 4.74 Å². The van der Waals surface area contributed by atoms with Crippen molar-refractivity contribution in [3.63, 3.8) is 0 Å². The van der Waals surface area contributed by atoms with E-state index in [0.29, 0.717) is 5.41 Å². The maximum atomic E-state index is 6.47. The number of hydrogen-bond acceptors (Lipinski definition) is 2. The second-order valence-corrected chi connectivity index (χ2v) is 9.14. The Labute approximate surface area is 145 Å². The molecule has 2 unspecified atom stereocenters. The third-order valence-corrected chi connectivity index (χ3v) is 7.53. The molecule has 24 heavy (non-hydrogen) atoms. The van der Waals surface area contributed by atoms with Crippen LogP contribution in [0.5, 0.6) is 5.75 Å². The summed E-state index contributed by atoms with van der Waals surface area (Å²) in [7, 11) is 0. The van der Waals surface area contributed by atoms with Crippen molar-refractivity contribution in [2.45, 2.75) is 77.0 Å². The highest BCUT2D eigenvalue weighted by Gasteiger charge is 2.68. The Morgan fingerprint density at radius 3 is 2.58 bits per heavy atom. The van der Waals surface area contributed by atoms with Crippen LogP contribution in [0.1, 0.15) is 69.9 Å². The third kappa shape index (κ3) is 1.92. The van der Waals surface area contributed by atoms with Crippen LogP contribution in [0.4, 0.5) is 0 Å². The molecule has 4 aliphatic rings. The van der Waals surface area contributed by atoms with E-state index in [9.17, 15) is 0 Å². The van der Waals surface area contributed by atoms with E-state index in [1.54, 1.807) is 5.57 Å². The van der Waals surface area contributed by atoms with Crippen molar-refractivity contribution in [3.05, 3.63) is 34.9 Å². The summed E-state index contributed by atoms with van der Waals surface area (Å²) in [6.45, 7) is 6.71. The summed E-state index contributed by atoms with van der Waals surface area (Å²) in [5, 5.41) is 3.69. The molecule has 1 spiro atoms. The molecule has 2 aliphatic heterocycles. The number of ether oxygens (including phenoxy) is 1. The molecule has 5 rings (SSSR count). The largest absolute Gasteiger partial charge is 0.470 e. The fraction of sp³-hybridized carbons (Fsp3) is 0.636. The van der Waals surface area contributed by atoms with Gasteiger partial charge in [0.15, 0.2) is 5.72 Å². The number of fused-ring (bicyclic) bond motifs is 2. The number of para-hydroxylation sites is 1. The van der Waals surface area contributed by atoms with Gasteiger partial charge in [-0.25, -0.2) is 0 Å². The maximum Gasteiger partial charge on any atom is 0.181 e. The molecule has 2 atom stereocenters. The summed E-state index contributed by atoms with van der Waals surface area (Å²) in [4.78, 5) is 0. The number of benzene rings is 1. The summed E-state index contributed by atoms with van der Waals surface area (Å²) in [6, 6.07) is 6.53. The zero-order chi connectivity index (χ0) is 16.6. The summed E-state index contributed by atoms with van der Waals surface area (Å²) in [6.07, 6.45) is 12.5. The van der Waals surface area contributed by atoms with Crippen LogP contribution in [0, 0.1) is 18.3 Å². The van der Waals surface area contributed by atoms with E-state index in [-0.39, 0.29) is 11.3 Å². The van der Waals surface area contributed by atoms with Gasteiger partial charge in [-0.05, 0) is 75.0 Å². The lowest BCUT2D eigenvalue weighted by Crippen LogP contribution is -2.43. The van der Waals surface area contributed by atoms with Gasteiger partial charge in [0.05, 0.1) is 5.54 Å². The van der Waals surface area contributed by atoms with Crippen molar-refractivity contribution in [3.8, 4) is 5.75 Å². The molecule has 1 saturated heterocycles. The molecule has 2 heterocycles. The predicted molar refractivity (Wildman–Crippen MR) is 98.0 cm³/mol. The van der Waals surface area contributed by atoms with Gasteiger partial charge in [-0.1, -0.05) is 37.5 Å². The molecular weight excluding hydrogens is 294 g/mol. The van der Waals surface area contributed by atoms with Crippen LogP contribution in [0.3, 0.4) is 0 Å². The smallest absolute Gasteiger partial charge is 0.181 e. The highest BCUT2D eigenvalue weighted by molar-refractivity contribution is 5.68. The number of aryl methyl sites for hydroxylation is 1. The van der Waals surface area contributed by atoms with E-state index in [1.165, 1.54) is 56.1 Å². The minimum absolute atomic E-state index is 0.000592. The average Bonchev–Trinajstić information content (AvgIpc) is 3.10. The van der Waals surface area contributed by atoms with Gasteiger partial charge in [-0.3, -0.25) is 5.32 Å². The van der Waals surface area contributed by atoms with E-state index >= 15 is 0 Å². The molecule has 2 nitrogen and oxygen atoms in total. The van der Waals surface area contributed by atoms with Gasteiger partial charge in [-0.2, -0.15) is 0 Å². The Balaban J connectivity index is 1.50. The van der Waals surface area contributed by atoms with Crippen molar-refractivity contribution in [2.24, 2.45) is 11.3 Å². The minimum Gasteiger partial charge on any atom is -0.470 e. The van der Waals surface area contributed by atoms with Gasteiger partial charge < -0.3 is 4.74 Å².